The molecule has 5 aromatic rings. The predicted octanol–water partition coefficient (Wildman–Crippen LogP) is 7.34. The zero-order valence-corrected chi connectivity index (χ0v) is 22.7. The van der Waals surface area contributed by atoms with Gasteiger partial charge in [0.2, 0.25) is 0 Å². The van der Waals surface area contributed by atoms with Gasteiger partial charge in [-0.25, -0.2) is 0 Å². The Kier molecular flexibility index (Phi) is 8.17. The fourth-order valence-electron chi connectivity index (χ4n) is 4.73. The van der Waals surface area contributed by atoms with Gasteiger partial charge in [0, 0.05) is 11.1 Å². The van der Waals surface area contributed by atoms with Crippen LogP contribution in [-0.4, -0.2) is 11.8 Å². The average Bonchev–Trinajstić information content (AvgIpc) is 3.00. The first-order valence-corrected chi connectivity index (χ1v) is 13.4. The number of nitrogens with one attached hydrogen (secondary N) is 2. The Hall–Kier alpha value is -4.96. The standard InChI is InChI=1S/C36H32N2O2/c1-25-13-17-29(18-14-25)33(27-9-5-3-6-10-27)37-35(39)31-21-23-32(24-22-31)36(40)38-34(28-11-7-4-8-12-28)30-19-15-26(2)16-20-30/h3-24,33-34H,1-2H3,(H,37,39)(H,38,40)/t33-,34-/m0/s1. The number of rotatable bonds is 8. The van der Waals surface area contributed by atoms with Gasteiger partial charge < -0.3 is 10.6 Å². The van der Waals surface area contributed by atoms with Crippen LogP contribution in [0.5, 0.6) is 0 Å². The van der Waals surface area contributed by atoms with E-state index in [9.17, 15) is 9.59 Å². The van der Waals surface area contributed by atoms with E-state index in [1.54, 1.807) is 24.3 Å². The summed E-state index contributed by atoms with van der Waals surface area (Å²) in [5, 5.41) is 6.35. The molecule has 5 aromatic carbocycles. The lowest BCUT2D eigenvalue weighted by Gasteiger charge is -2.21. The minimum Gasteiger partial charge on any atom is -0.341 e. The molecule has 4 heteroatoms. The van der Waals surface area contributed by atoms with E-state index >= 15 is 0 Å². The van der Waals surface area contributed by atoms with Crippen molar-refractivity contribution in [3.8, 4) is 0 Å². The van der Waals surface area contributed by atoms with Gasteiger partial charge in [-0.3, -0.25) is 9.59 Å². The highest BCUT2D eigenvalue weighted by Crippen LogP contribution is 2.25. The summed E-state index contributed by atoms with van der Waals surface area (Å²) in [5.41, 5.74) is 7.30. The normalized spacial score (nSPS) is 12.2. The Labute approximate surface area is 235 Å². The maximum Gasteiger partial charge on any atom is 0.252 e. The lowest BCUT2D eigenvalue weighted by atomic mass is 9.97. The molecule has 0 fully saturated rings. The number of carbonyl (C=O) groups excluding carboxylic acids is 2. The molecular formula is C36H32N2O2. The van der Waals surface area contributed by atoms with Crippen LogP contribution in [0.4, 0.5) is 0 Å². The van der Waals surface area contributed by atoms with Crippen molar-refractivity contribution in [2.45, 2.75) is 25.9 Å². The Morgan fingerprint density at radius 1 is 0.425 bits per heavy atom. The molecule has 0 aromatic heterocycles. The molecule has 0 radical (unpaired) electrons. The van der Waals surface area contributed by atoms with Gasteiger partial charge in [-0.1, -0.05) is 120 Å². The summed E-state index contributed by atoms with van der Waals surface area (Å²) in [6, 6.07) is 42.4. The molecule has 0 unspecified atom stereocenters. The molecule has 5 rings (SSSR count). The molecule has 0 saturated carbocycles. The van der Waals surface area contributed by atoms with Crippen molar-refractivity contribution >= 4 is 11.8 Å². The average molecular weight is 525 g/mol. The topological polar surface area (TPSA) is 58.2 Å². The lowest BCUT2D eigenvalue weighted by molar-refractivity contribution is 0.0931. The van der Waals surface area contributed by atoms with E-state index in [-0.39, 0.29) is 23.9 Å². The molecule has 0 aliphatic carbocycles. The van der Waals surface area contributed by atoms with Crippen LogP contribution < -0.4 is 10.6 Å². The first-order valence-electron chi connectivity index (χ1n) is 13.4. The van der Waals surface area contributed by atoms with E-state index in [0.717, 1.165) is 33.4 Å². The maximum atomic E-state index is 13.3. The van der Waals surface area contributed by atoms with Gasteiger partial charge in [0.15, 0.2) is 0 Å². The maximum absolute atomic E-state index is 13.3. The monoisotopic (exact) mass is 524 g/mol. The van der Waals surface area contributed by atoms with Gasteiger partial charge in [0.1, 0.15) is 0 Å². The van der Waals surface area contributed by atoms with Crippen LogP contribution in [0.2, 0.25) is 0 Å². The Morgan fingerprint density at radius 2 is 0.725 bits per heavy atom. The highest BCUT2D eigenvalue weighted by Gasteiger charge is 2.20. The molecule has 0 bridgehead atoms. The largest absolute Gasteiger partial charge is 0.341 e. The van der Waals surface area contributed by atoms with Crippen LogP contribution in [0.15, 0.2) is 133 Å². The van der Waals surface area contributed by atoms with Crippen LogP contribution in [0.1, 0.15) is 66.2 Å². The van der Waals surface area contributed by atoms with Crippen LogP contribution >= 0.6 is 0 Å². The minimum atomic E-state index is -0.293. The summed E-state index contributed by atoms with van der Waals surface area (Å²) in [4.78, 5) is 26.6. The van der Waals surface area contributed by atoms with Crippen LogP contribution in [0.3, 0.4) is 0 Å². The van der Waals surface area contributed by atoms with Gasteiger partial charge in [-0.15, -0.1) is 0 Å². The van der Waals surface area contributed by atoms with Gasteiger partial charge in [0.25, 0.3) is 11.8 Å². The van der Waals surface area contributed by atoms with Crippen LogP contribution in [0, 0.1) is 13.8 Å². The van der Waals surface area contributed by atoms with E-state index in [1.807, 2.05) is 123 Å². The molecule has 0 aliphatic heterocycles. The Balaban J connectivity index is 1.34. The third-order valence-corrected chi connectivity index (χ3v) is 7.05. The van der Waals surface area contributed by atoms with E-state index in [4.69, 9.17) is 0 Å². The Morgan fingerprint density at radius 3 is 1.05 bits per heavy atom. The first-order chi connectivity index (χ1) is 19.5. The molecule has 0 aliphatic rings. The number of carbonyl (C=O) groups is 2. The second kappa shape index (κ2) is 12.3. The molecule has 198 valence electrons. The van der Waals surface area contributed by atoms with Gasteiger partial charge >= 0.3 is 0 Å². The highest BCUT2D eigenvalue weighted by molar-refractivity contribution is 5.98. The summed E-state index contributed by atoms with van der Waals surface area (Å²) in [6.45, 7) is 4.08. The number of hydrogen-bond acceptors (Lipinski definition) is 2. The fourth-order valence-corrected chi connectivity index (χ4v) is 4.73. The molecule has 40 heavy (non-hydrogen) atoms. The molecule has 0 heterocycles. The van der Waals surface area contributed by atoms with E-state index in [2.05, 4.69) is 10.6 Å². The second-order valence-corrected chi connectivity index (χ2v) is 10.0. The van der Waals surface area contributed by atoms with Crippen molar-refractivity contribution in [2.24, 2.45) is 0 Å². The number of hydrogen-bond donors (Lipinski definition) is 2. The van der Waals surface area contributed by atoms with Crippen molar-refractivity contribution in [3.63, 3.8) is 0 Å². The molecule has 2 amide bonds. The van der Waals surface area contributed by atoms with Crippen LogP contribution in [-0.2, 0) is 0 Å². The van der Waals surface area contributed by atoms with Gasteiger partial charge in [0.05, 0.1) is 12.1 Å². The number of aryl methyl sites for hydroxylation is 2. The summed E-state index contributed by atoms with van der Waals surface area (Å²) < 4.78 is 0. The highest BCUT2D eigenvalue weighted by atomic mass is 16.2. The SMILES string of the molecule is Cc1ccc([C@@H](NC(=O)c2ccc(C(=O)N[C@@H](c3ccccc3)c3ccc(C)cc3)cc2)c2ccccc2)cc1. The lowest BCUT2D eigenvalue weighted by Crippen LogP contribution is -2.30. The van der Waals surface area contributed by atoms with Gasteiger partial charge in [-0.2, -0.15) is 0 Å². The minimum absolute atomic E-state index is 0.205. The fraction of sp³-hybridized carbons (Fsp3) is 0.111. The number of benzene rings is 5. The summed E-state index contributed by atoms with van der Waals surface area (Å²) in [6.07, 6.45) is 0. The molecular weight excluding hydrogens is 492 g/mol. The van der Waals surface area contributed by atoms with E-state index in [0.29, 0.717) is 11.1 Å². The van der Waals surface area contributed by atoms with Gasteiger partial charge in [-0.05, 0) is 60.4 Å². The molecule has 0 spiro atoms. The Bertz CT molecular complexity index is 1440. The van der Waals surface area contributed by atoms with Crippen molar-refractivity contribution in [1.82, 2.24) is 10.6 Å². The van der Waals surface area contributed by atoms with E-state index in [1.165, 1.54) is 0 Å². The van der Waals surface area contributed by atoms with Crippen molar-refractivity contribution < 1.29 is 9.59 Å². The summed E-state index contributed by atoms with van der Waals surface area (Å²) in [5.74, 6) is -0.411. The summed E-state index contributed by atoms with van der Waals surface area (Å²) in [7, 11) is 0. The molecule has 2 atom stereocenters. The third-order valence-electron chi connectivity index (χ3n) is 7.05. The smallest absolute Gasteiger partial charge is 0.252 e. The third kappa shape index (κ3) is 6.36. The zero-order valence-electron chi connectivity index (χ0n) is 22.7. The van der Waals surface area contributed by atoms with E-state index < -0.39 is 0 Å². The quantitative estimate of drug-likeness (QED) is 0.223. The molecule has 2 N–H and O–H groups in total. The zero-order chi connectivity index (χ0) is 27.9. The van der Waals surface area contributed by atoms with Crippen molar-refractivity contribution in [2.75, 3.05) is 0 Å². The number of amides is 2. The van der Waals surface area contributed by atoms with Crippen LogP contribution in [0.25, 0.3) is 0 Å². The molecule has 4 nitrogen and oxygen atoms in total. The first kappa shape index (κ1) is 26.6. The summed E-state index contributed by atoms with van der Waals surface area (Å²) >= 11 is 0. The van der Waals surface area contributed by atoms with Crippen molar-refractivity contribution in [3.05, 3.63) is 178 Å². The second-order valence-electron chi connectivity index (χ2n) is 10.0. The van der Waals surface area contributed by atoms with Crippen molar-refractivity contribution in [1.29, 1.82) is 0 Å². The molecule has 0 saturated heterocycles. The predicted molar refractivity (Wildman–Crippen MR) is 160 cm³/mol.